The molecular weight excluding hydrogens is 160 g/mol. The topological polar surface area (TPSA) is 24.7 Å². The molecular formula is C11H16N2. The third kappa shape index (κ3) is 2.14. The summed E-state index contributed by atoms with van der Waals surface area (Å²) in [5.41, 5.74) is 3.26. The second-order valence-corrected chi connectivity index (χ2v) is 3.35. The van der Waals surface area contributed by atoms with Crippen molar-refractivity contribution in [2.45, 2.75) is 13.8 Å². The fourth-order valence-electron chi connectivity index (χ4n) is 1.27. The molecule has 0 amide bonds. The second-order valence-electron chi connectivity index (χ2n) is 3.35. The van der Waals surface area contributed by atoms with Crippen molar-refractivity contribution in [3.63, 3.8) is 0 Å². The fourth-order valence-corrected chi connectivity index (χ4v) is 1.27. The highest BCUT2D eigenvalue weighted by molar-refractivity contribution is 6.51. The van der Waals surface area contributed by atoms with Gasteiger partial charge in [0.15, 0.2) is 0 Å². The molecule has 0 fully saturated rings. The smallest absolute Gasteiger partial charge is 0.0825 e. The van der Waals surface area contributed by atoms with E-state index in [-0.39, 0.29) is 0 Å². The van der Waals surface area contributed by atoms with Gasteiger partial charge in [0.25, 0.3) is 0 Å². The van der Waals surface area contributed by atoms with Gasteiger partial charge in [-0.2, -0.15) is 0 Å². The molecule has 1 aliphatic carbocycles. The fraction of sp³-hybridized carbons (Fsp3) is 0.455. The third-order valence-electron chi connectivity index (χ3n) is 2.15. The molecule has 0 radical (unpaired) electrons. The summed E-state index contributed by atoms with van der Waals surface area (Å²) in [4.78, 5) is 8.34. The summed E-state index contributed by atoms with van der Waals surface area (Å²) in [6.07, 6.45) is 6.24. The lowest BCUT2D eigenvalue weighted by Gasteiger charge is -2.12. The maximum absolute atomic E-state index is 4.19. The zero-order valence-electron chi connectivity index (χ0n) is 8.70. The Morgan fingerprint density at radius 1 is 1.00 bits per heavy atom. The molecule has 0 atom stereocenters. The summed E-state index contributed by atoms with van der Waals surface area (Å²) in [6.45, 7) is 4.36. The molecule has 0 spiro atoms. The molecule has 0 unspecified atom stereocenters. The molecule has 2 nitrogen and oxygen atoms in total. The second kappa shape index (κ2) is 4.17. The van der Waals surface area contributed by atoms with Crippen LogP contribution in [0.1, 0.15) is 13.8 Å². The van der Waals surface area contributed by atoms with Gasteiger partial charge in [-0.25, -0.2) is 0 Å². The van der Waals surface area contributed by atoms with Gasteiger partial charge in [-0.3, -0.25) is 9.98 Å². The lowest BCUT2D eigenvalue weighted by Crippen LogP contribution is -2.14. The standard InChI is InChI=1S/C11H16N2/c1-8(2)9-5-6-10(12-3)11(7-9)13-4/h5-8H,1-4H3/b12-10-,13-11-. The van der Waals surface area contributed by atoms with E-state index in [1.165, 1.54) is 5.57 Å². The van der Waals surface area contributed by atoms with Crippen LogP contribution in [0.2, 0.25) is 0 Å². The molecule has 70 valence electrons. The molecule has 0 N–H and O–H groups in total. The lowest BCUT2D eigenvalue weighted by molar-refractivity contribution is 0.792. The van der Waals surface area contributed by atoms with Crippen LogP contribution in [0, 0.1) is 5.92 Å². The number of aliphatic imine (C=N–C) groups is 2. The quantitative estimate of drug-likeness (QED) is 0.548. The first-order chi connectivity index (χ1) is 6.19. The summed E-state index contributed by atoms with van der Waals surface area (Å²) in [7, 11) is 3.59. The zero-order valence-corrected chi connectivity index (χ0v) is 8.70. The SMILES string of the molecule is C/N=C1/C=CC(C(C)C)=C/C1=N/C. The summed E-state index contributed by atoms with van der Waals surface area (Å²) < 4.78 is 0. The number of allylic oxidation sites excluding steroid dienone is 4. The highest BCUT2D eigenvalue weighted by atomic mass is 14.8. The Balaban J connectivity index is 3.01. The highest BCUT2D eigenvalue weighted by Gasteiger charge is 2.10. The van der Waals surface area contributed by atoms with Crippen LogP contribution in [0.5, 0.6) is 0 Å². The summed E-state index contributed by atoms with van der Waals surface area (Å²) in [5, 5.41) is 0. The van der Waals surface area contributed by atoms with Crippen molar-refractivity contribution in [3.05, 3.63) is 23.8 Å². The first-order valence-corrected chi connectivity index (χ1v) is 4.52. The third-order valence-corrected chi connectivity index (χ3v) is 2.15. The van der Waals surface area contributed by atoms with Crippen LogP contribution < -0.4 is 0 Å². The largest absolute Gasteiger partial charge is 0.286 e. The number of rotatable bonds is 1. The lowest BCUT2D eigenvalue weighted by atomic mass is 9.95. The number of hydrogen-bond donors (Lipinski definition) is 0. The Morgan fingerprint density at radius 2 is 1.62 bits per heavy atom. The minimum atomic E-state index is 0.548. The first-order valence-electron chi connectivity index (χ1n) is 4.52. The van der Waals surface area contributed by atoms with Crippen LogP contribution in [-0.4, -0.2) is 25.5 Å². The molecule has 0 aliphatic heterocycles. The van der Waals surface area contributed by atoms with E-state index in [4.69, 9.17) is 0 Å². The average molecular weight is 176 g/mol. The van der Waals surface area contributed by atoms with E-state index in [0.29, 0.717) is 5.92 Å². The van der Waals surface area contributed by atoms with Gasteiger partial charge in [0, 0.05) is 14.1 Å². The van der Waals surface area contributed by atoms with E-state index in [1.807, 2.05) is 6.08 Å². The highest BCUT2D eigenvalue weighted by Crippen LogP contribution is 2.15. The molecule has 0 bridgehead atoms. The van der Waals surface area contributed by atoms with Gasteiger partial charge in [-0.15, -0.1) is 0 Å². The molecule has 2 heteroatoms. The molecule has 0 aromatic heterocycles. The van der Waals surface area contributed by atoms with Crippen LogP contribution in [0.4, 0.5) is 0 Å². The maximum atomic E-state index is 4.19. The molecule has 0 saturated heterocycles. The predicted octanol–water partition coefficient (Wildman–Crippen LogP) is 2.28. The molecule has 0 aromatic rings. The van der Waals surface area contributed by atoms with E-state index in [2.05, 4.69) is 36.0 Å². The van der Waals surface area contributed by atoms with E-state index in [9.17, 15) is 0 Å². The molecule has 0 heterocycles. The Bertz CT molecular complexity index is 304. The minimum Gasteiger partial charge on any atom is -0.286 e. The Kier molecular flexibility index (Phi) is 3.18. The minimum absolute atomic E-state index is 0.548. The van der Waals surface area contributed by atoms with E-state index >= 15 is 0 Å². The normalized spacial score (nSPS) is 23.0. The van der Waals surface area contributed by atoms with Gasteiger partial charge in [-0.05, 0) is 23.6 Å². The summed E-state index contributed by atoms with van der Waals surface area (Å²) in [6, 6.07) is 0. The van der Waals surface area contributed by atoms with Crippen molar-refractivity contribution in [1.29, 1.82) is 0 Å². The number of hydrogen-bond acceptors (Lipinski definition) is 2. The van der Waals surface area contributed by atoms with Crippen molar-refractivity contribution in [1.82, 2.24) is 0 Å². The van der Waals surface area contributed by atoms with Gasteiger partial charge in [0.05, 0.1) is 11.4 Å². The van der Waals surface area contributed by atoms with Gasteiger partial charge < -0.3 is 0 Å². The van der Waals surface area contributed by atoms with Gasteiger partial charge >= 0.3 is 0 Å². The molecule has 1 rings (SSSR count). The van der Waals surface area contributed by atoms with Gasteiger partial charge in [0.2, 0.25) is 0 Å². The molecule has 0 saturated carbocycles. The van der Waals surface area contributed by atoms with Crippen LogP contribution in [0.15, 0.2) is 33.8 Å². The molecule has 0 aromatic carbocycles. The summed E-state index contributed by atoms with van der Waals surface area (Å²) in [5.74, 6) is 0.548. The Hall–Kier alpha value is -1.18. The first kappa shape index (κ1) is 9.90. The number of nitrogens with zero attached hydrogens (tertiary/aromatic N) is 2. The molecule has 1 aliphatic rings. The van der Waals surface area contributed by atoms with Crippen LogP contribution >= 0.6 is 0 Å². The molecule has 13 heavy (non-hydrogen) atoms. The van der Waals surface area contributed by atoms with Crippen LogP contribution in [-0.2, 0) is 0 Å². The maximum Gasteiger partial charge on any atom is 0.0825 e. The zero-order chi connectivity index (χ0) is 9.84. The van der Waals surface area contributed by atoms with Gasteiger partial charge in [0.1, 0.15) is 0 Å². The van der Waals surface area contributed by atoms with E-state index < -0.39 is 0 Å². The van der Waals surface area contributed by atoms with Crippen LogP contribution in [0.3, 0.4) is 0 Å². The van der Waals surface area contributed by atoms with Crippen molar-refractivity contribution < 1.29 is 0 Å². The van der Waals surface area contributed by atoms with Crippen molar-refractivity contribution in [3.8, 4) is 0 Å². The Labute approximate surface area is 79.8 Å². The van der Waals surface area contributed by atoms with Crippen molar-refractivity contribution >= 4 is 11.4 Å². The summed E-state index contributed by atoms with van der Waals surface area (Å²) >= 11 is 0. The van der Waals surface area contributed by atoms with E-state index in [1.54, 1.807) is 14.1 Å². The monoisotopic (exact) mass is 176 g/mol. The Morgan fingerprint density at radius 3 is 2.08 bits per heavy atom. The van der Waals surface area contributed by atoms with Crippen molar-refractivity contribution in [2.75, 3.05) is 14.1 Å². The predicted molar refractivity (Wildman–Crippen MR) is 58.8 cm³/mol. The van der Waals surface area contributed by atoms with Crippen LogP contribution in [0.25, 0.3) is 0 Å². The average Bonchev–Trinajstić information content (AvgIpc) is 2.16. The van der Waals surface area contributed by atoms with Crippen molar-refractivity contribution in [2.24, 2.45) is 15.9 Å². The van der Waals surface area contributed by atoms with E-state index in [0.717, 1.165) is 11.4 Å². The van der Waals surface area contributed by atoms with Gasteiger partial charge in [-0.1, -0.05) is 19.9 Å².